The first kappa shape index (κ1) is 12.2. The van der Waals surface area contributed by atoms with Crippen LogP contribution in [0.3, 0.4) is 0 Å². The normalized spacial score (nSPS) is 13.7. The first-order chi connectivity index (χ1) is 9.13. The lowest BCUT2D eigenvalue weighted by molar-refractivity contribution is 0.0766. The van der Waals surface area contributed by atoms with Crippen LogP contribution in [0, 0.1) is 0 Å². The number of fused-ring (bicyclic) bond motifs is 1. The van der Waals surface area contributed by atoms with Crippen molar-refractivity contribution < 1.29 is 9.90 Å². The zero-order valence-corrected chi connectivity index (χ0v) is 11.7. The van der Waals surface area contributed by atoms with E-state index in [4.69, 9.17) is 0 Å². The van der Waals surface area contributed by atoms with Crippen LogP contribution in [-0.4, -0.2) is 15.9 Å². The third-order valence-corrected chi connectivity index (χ3v) is 3.75. The Bertz CT molecular complexity index is 637. The van der Waals surface area contributed by atoms with E-state index >= 15 is 0 Å². The number of amides is 1. The van der Waals surface area contributed by atoms with Crippen molar-refractivity contribution in [2.24, 2.45) is 0 Å². The Hall–Kier alpha value is -1.81. The van der Waals surface area contributed by atoms with E-state index in [1.54, 1.807) is 12.1 Å². The highest BCUT2D eigenvalue weighted by Crippen LogP contribution is 2.27. The molecular formula is C15H12BrNO2. The highest BCUT2D eigenvalue weighted by Gasteiger charge is 2.27. The van der Waals surface area contributed by atoms with E-state index in [1.165, 1.54) is 0 Å². The Kier molecular flexibility index (Phi) is 3.03. The first-order valence-corrected chi connectivity index (χ1v) is 6.78. The van der Waals surface area contributed by atoms with Crippen molar-refractivity contribution in [3.05, 3.63) is 63.6 Å². The van der Waals surface area contributed by atoms with Gasteiger partial charge >= 0.3 is 0 Å². The zero-order chi connectivity index (χ0) is 13.4. The summed E-state index contributed by atoms with van der Waals surface area (Å²) in [5.41, 5.74) is 2.85. The summed E-state index contributed by atoms with van der Waals surface area (Å²) in [7, 11) is 0. The Balaban J connectivity index is 1.82. The van der Waals surface area contributed by atoms with E-state index in [1.807, 2.05) is 35.2 Å². The minimum Gasteiger partial charge on any atom is -0.508 e. The number of aromatic hydroxyl groups is 1. The fraction of sp³-hybridized carbons (Fsp3) is 0.133. The van der Waals surface area contributed by atoms with Crippen molar-refractivity contribution in [3.63, 3.8) is 0 Å². The van der Waals surface area contributed by atoms with Crippen molar-refractivity contribution in [2.45, 2.75) is 13.1 Å². The largest absolute Gasteiger partial charge is 0.508 e. The molecule has 3 nitrogen and oxygen atoms in total. The van der Waals surface area contributed by atoms with Crippen LogP contribution in [0.15, 0.2) is 46.9 Å². The number of benzene rings is 2. The number of carbonyl (C=O) groups excluding carboxylic acids is 1. The third-order valence-electron chi connectivity index (χ3n) is 3.26. The molecule has 4 heteroatoms. The minimum absolute atomic E-state index is 0.0653. The molecule has 1 amide bonds. The SMILES string of the molecule is O=C1c2ccc(Br)cc2CN1Cc1ccc(O)cc1. The van der Waals surface area contributed by atoms with E-state index in [0.717, 1.165) is 21.2 Å². The van der Waals surface area contributed by atoms with Crippen LogP contribution in [0.4, 0.5) is 0 Å². The summed E-state index contributed by atoms with van der Waals surface area (Å²) in [5.74, 6) is 0.305. The Morgan fingerprint density at radius 2 is 1.89 bits per heavy atom. The standard InChI is InChI=1S/C15H12BrNO2/c16-12-3-6-14-11(7-12)9-17(15(14)19)8-10-1-4-13(18)5-2-10/h1-7,18H,8-9H2. The molecule has 19 heavy (non-hydrogen) atoms. The average Bonchev–Trinajstić information content (AvgIpc) is 2.68. The maximum atomic E-state index is 12.2. The molecule has 2 aromatic rings. The second-order valence-electron chi connectivity index (χ2n) is 4.63. The average molecular weight is 318 g/mol. The summed E-state index contributed by atoms with van der Waals surface area (Å²) in [6.07, 6.45) is 0. The maximum Gasteiger partial charge on any atom is 0.254 e. The van der Waals surface area contributed by atoms with Crippen LogP contribution in [-0.2, 0) is 13.1 Å². The summed E-state index contributed by atoms with van der Waals surface area (Å²) in [4.78, 5) is 14.0. The maximum absolute atomic E-state index is 12.2. The second kappa shape index (κ2) is 4.70. The van der Waals surface area contributed by atoms with Gasteiger partial charge in [-0.1, -0.05) is 28.1 Å². The lowest BCUT2D eigenvalue weighted by Crippen LogP contribution is -2.23. The molecule has 96 valence electrons. The number of phenolic OH excluding ortho intramolecular Hbond substituents is 1. The molecule has 1 aliphatic heterocycles. The van der Waals surface area contributed by atoms with Crippen molar-refractivity contribution in [2.75, 3.05) is 0 Å². The summed E-state index contributed by atoms with van der Waals surface area (Å²) >= 11 is 3.42. The highest BCUT2D eigenvalue weighted by atomic mass is 79.9. The first-order valence-electron chi connectivity index (χ1n) is 5.99. The van der Waals surface area contributed by atoms with Crippen LogP contribution in [0.25, 0.3) is 0 Å². The fourth-order valence-corrected chi connectivity index (χ4v) is 2.71. The molecule has 0 saturated carbocycles. The van der Waals surface area contributed by atoms with Crippen LogP contribution in [0.2, 0.25) is 0 Å². The van der Waals surface area contributed by atoms with Gasteiger partial charge in [-0.2, -0.15) is 0 Å². The van der Waals surface area contributed by atoms with Gasteiger partial charge in [0.1, 0.15) is 5.75 Å². The second-order valence-corrected chi connectivity index (χ2v) is 5.54. The van der Waals surface area contributed by atoms with Gasteiger partial charge in [0.05, 0.1) is 0 Å². The van der Waals surface area contributed by atoms with E-state index < -0.39 is 0 Å². The van der Waals surface area contributed by atoms with Gasteiger partial charge in [-0.05, 0) is 41.5 Å². The van der Waals surface area contributed by atoms with Crippen LogP contribution >= 0.6 is 15.9 Å². The Morgan fingerprint density at radius 1 is 1.16 bits per heavy atom. The number of rotatable bonds is 2. The van der Waals surface area contributed by atoms with Gasteiger partial charge < -0.3 is 10.0 Å². The van der Waals surface area contributed by atoms with Gasteiger partial charge in [0.15, 0.2) is 0 Å². The molecule has 0 bridgehead atoms. The molecule has 0 aliphatic carbocycles. The number of hydrogen-bond donors (Lipinski definition) is 1. The van der Waals surface area contributed by atoms with Gasteiger partial charge in [-0.25, -0.2) is 0 Å². The van der Waals surface area contributed by atoms with Crippen molar-refractivity contribution >= 4 is 21.8 Å². The van der Waals surface area contributed by atoms with Crippen molar-refractivity contribution in [3.8, 4) is 5.75 Å². The molecule has 0 unspecified atom stereocenters. The highest BCUT2D eigenvalue weighted by molar-refractivity contribution is 9.10. The summed E-state index contributed by atoms with van der Waals surface area (Å²) in [5, 5.41) is 9.26. The van der Waals surface area contributed by atoms with Gasteiger partial charge in [-0.3, -0.25) is 4.79 Å². The van der Waals surface area contributed by atoms with Gasteiger partial charge in [0, 0.05) is 23.1 Å². The van der Waals surface area contributed by atoms with Crippen LogP contribution in [0.1, 0.15) is 21.5 Å². The smallest absolute Gasteiger partial charge is 0.254 e. The number of carbonyl (C=O) groups is 1. The predicted octanol–water partition coefficient (Wildman–Crippen LogP) is 3.31. The number of hydrogen-bond acceptors (Lipinski definition) is 2. The minimum atomic E-state index is 0.0653. The molecule has 0 aromatic heterocycles. The number of phenols is 1. The topological polar surface area (TPSA) is 40.5 Å². The molecule has 2 aromatic carbocycles. The summed E-state index contributed by atoms with van der Waals surface area (Å²) < 4.78 is 0.991. The molecule has 0 atom stereocenters. The Morgan fingerprint density at radius 3 is 2.63 bits per heavy atom. The summed E-state index contributed by atoms with van der Waals surface area (Å²) in [6.45, 7) is 1.19. The summed E-state index contributed by atoms with van der Waals surface area (Å²) in [6, 6.07) is 12.7. The molecule has 1 heterocycles. The van der Waals surface area contributed by atoms with E-state index in [9.17, 15) is 9.90 Å². The quantitative estimate of drug-likeness (QED) is 0.923. The molecule has 1 N–H and O–H groups in total. The lowest BCUT2D eigenvalue weighted by Gasteiger charge is -2.15. The molecular weight excluding hydrogens is 306 g/mol. The van der Waals surface area contributed by atoms with Crippen LogP contribution < -0.4 is 0 Å². The molecule has 0 saturated heterocycles. The molecule has 0 fully saturated rings. The molecule has 1 aliphatic rings. The lowest BCUT2D eigenvalue weighted by atomic mass is 10.1. The van der Waals surface area contributed by atoms with E-state index in [-0.39, 0.29) is 11.7 Å². The monoisotopic (exact) mass is 317 g/mol. The van der Waals surface area contributed by atoms with Crippen molar-refractivity contribution in [1.29, 1.82) is 0 Å². The Labute approximate surface area is 119 Å². The zero-order valence-electron chi connectivity index (χ0n) is 10.1. The van der Waals surface area contributed by atoms with Crippen LogP contribution in [0.5, 0.6) is 5.75 Å². The van der Waals surface area contributed by atoms with E-state index in [0.29, 0.717) is 13.1 Å². The van der Waals surface area contributed by atoms with Gasteiger partial charge in [0.25, 0.3) is 5.91 Å². The fourth-order valence-electron chi connectivity index (χ4n) is 2.30. The van der Waals surface area contributed by atoms with Gasteiger partial charge in [0.2, 0.25) is 0 Å². The predicted molar refractivity (Wildman–Crippen MR) is 75.8 cm³/mol. The molecule has 0 radical (unpaired) electrons. The van der Waals surface area contributed by atoms with E-state index in [2.05, 4.69) is 15.9 Å². The number of nitrogens with zero attached hydrogens (tertiary/aromatic N) is 1. The third kappa shape index (κ3) is 2.36. The number of halogens is 1. The van der Waals surface area contributed by atoms with Crippen molar-refractivity contribution in [1.82, 2.24) is 4.90 Å². The molecule has 0 spiro atoms. The van der Waals surface area contributed by atoms with Gasteiger partial charge in [-0.15, -0.1) is 0 Å². The molecule has 3 rings (SSSR count).